The number of likely N-dealkylation sites (N-methyl/N-ethyl adjacent to an activating group) is 1. The summed E-state index contributed by atoms with van der Waals surface area (Å²) in [6.07, 6.45) is 0. The summed E-state index contributed by atoms with van der Waals surface area (Å²) >= 11 is 1.24. The largest absolute Gasteiger partial charge is 0.480 e. The SMILES string of the molecule is CC(C(=O)O)N(C)Cc1nc(-c2c(F)cccc2F)cs1. The van der Waals surface area contributed by atoms with E-state index in [0.29, 0.717) is 11.6 Å². The Labute approximate surface area is 124 Å². The first-order chi connectivity index (χ1) is 9.90. The van der Waals surface area contributed by atoms with Gasteiger partial charge in [0.25, 0.3) is 0 Å². The van der Waals surface area contributed by atoms with Gasteiger partial charge in [-0.2, -0.15) is 0 Å². The van der Waals surface area contributed by atoms with Gasteiger partial charge in [-0.05, 0) is 26.1 Å². The number of hydrogen-bond donors (Lipinski definition) is 1. The lowest BCUT2D eigenvalue weighted by Gasteiger charge is -2.19. The van der Waals surface area contributed by atoms with Gasteiger partial charge in [0.2, 0.25) is 0 Å². The van der Waals surface area contributed by atoms with E-state index in [9.17, 15) is 13.6 Å². The lowest BCUT2D eigenvalue weighted by atomic mass is 10.1. The minimum Gasteiger partial charge on any atom is -0.480 e. The first-order valence-electron chi connectivity index (χ1n) is 6.22. The topological polar surface area (TPSA) is 53.4 Å². The van der Waals surface area contributed by atoms with Gasteiger partial charge in [0.15, 0.2) is 0 Å². The maximum atomic E-state index is 13.7. The molecule has 2 rings (SSSR count). The van der Waals surface area contributed by atoms with Crippen molar-refractivity contribution in [3.63, 3.8) is 0 Å². The molecule has 0 saturated carbocycles. The van der Waals surface area contributed by atoms with Crippen molar-refractivity contribution in [2.75, 3.05) is 7.05 Å². The molecule has 1 atom stereocenters. The summed E-state index contributed by atoms with van der Waals surface area (Å²) in [5.41, 5.74) is 0.0657. The number of hydrogen-bond acceptors (Lipinski definition) is 4. The number of carbonyl (C=O) groups is 1. The van der Waals surface area contributed by atoms with E-state index in [2.05, 4.69) is 4.98 Å². The van der Waals surface area contributed by atoms with E-state index in [-0.39, 0.29) is 11.3 Å². The Morgan fingerprint density at radius 1 is 1.43 bits per heavy atom. The number of nitrogens with zero attached hydrogens (tertiary/aromatic N) is 2. The average Bonchev–Trinajstić information content (AvgIpc) is 2.85. The zero-order chi connectivity index (χ0) is 15.6. The van der Waals surface area contributed by atoms with Crippen molar-refractivity contribution in [2.24, 2.45) is 0 Å². The van der Waals surface area contributed by atoms with Gasteiger partial charge >= 0.3 is 5.97 Å². The Morgan fingerprint density at radius 2 is 2.05 bits per heavy atom. The summed E-state index contributed by atoms with van der Waals surface area (Å²) in [5.74, 6) is -2.27. The molecule has 0 spiro atoms. The number of carboxylic acids is 1. The standard InChI is InChI=1S/C14H14F2N2O2S/c1-8(14(19)20)18(2)6-12-17-11(7-21-12)13-9(15)4-3-5-10(13)16/h3-5,7-8H,6H2,1-2H3,(H,19,20). The van der Waals surface area contributed by atoms with Gasteiger partial charge in [0, 0.05) is 5.38 Å². The molecule has 0 aliphatic heterocycles. The Balaban J connectivity index is 2.21. The molecule has 112 valence electrons. The molecule has 4 nitrogen and oxygen atoms in total. The Bertz CT molecular complexity index is 640. The fourth-order valence-corrected chi connectivity index (χ4v) is 2.63. The van der Waals surface area contributed by atoms with Crippen LogP contribution in [0.1, 0.15) is 11.9 Å². The second-order valence-corrected chi connectivity index (χ2v) is 5.60. The van der Waals surface area contributed by atoms with Crippen molar-refractivity contribution < 1.29 is 18.7 Å². The van der Waals surface area contributed by atoms with Crippen LogP contribution in [0.25, 0.3) is 11.3 Å². The Hall–Kier alpha value is -1.86. The molecule has 1 N–H and O–H groups in total. The van der Waals surface area contributed by atoms with E-state index in [1.807, 2.05) is 0 Å². The van der Waals surface area contributed by atoms with Crippen LogP contribution in [0.15, 0.2) is 23.6 Å². The molecule has 0 fully saturated rings. The number of carboxylic acid groups (broad SMARTS) is 1. The van der Waals surface area contributed by atoms with Gasteiger partial charge in [0.1, 0.15) is 22.7 Å². The molecular weight excluding hydrogens is 298 g/mol. The summed E-state index contributed by atoms with van der Waals surface area (Å²) in [6.45, 7) is 1.86. The highest BCUT2D eigenvalue weighted by Crippen LogP contribution is 2.27. The van der Waals surface area contributed by atoms with Crippen molar-refractivity contribution in [1.29, 1.82) is 0 Å². The van der Waals surface area contributed by atoms with Gasteiger partial charge in [0.05, 0.1) is 17.8 Å². The average molecular weight is 312 g/mol. The zero-order valence-corrected chi connectivity index (χ0v) is 12.3. The van der Waals surface area contributed by atoms with Crippen molar-refractivity contribution in [2.45, 2.75) is 19.5 Å². The van der Waals surface area contributed by atoms with Gasteiger partial charge in [-0.1, -0.05) is 6.07 Å². The Morgan fingerprint density at radius 3 is 2.62 bits per heavy atom. The minimum absolute atomic E-state index is 0.158. The van der Waals surface area contributed by atoms with E-state index >= 15 is 0 Å². The minimum atomic E-state index is -0.936. The molecule has 0 amide bonds. The van der Waals surface area contributed by atoms with Crippen LogP contribution < -0.4 is 0 Å². The molecule has 2 aromatic rings. The van der Waals surface area contributed by atoms with Gasteiger partial charge in [-0.3, -0.25) is 9.69 Å². The van der Waals surface area contributed by atoms with Crippen molar-refractivity contribution in [3.8, 4) is 11.3 Å². The molecular formula is C14H14F2N2O2S. The second-order valence-electron chi connectivity index (χ2n) is 4.65. The van der Waals surface area contributed by atoms with Gasteiger partial charge < -0.3 is 5.11 Å². The summed E-state index contributed by atoms with van der Waals surface area (Å²) < 4.78 is 27.4. The van der Waals surface area contributed by atoms with E-state index < -0.39 is 23.6 Å². The van der Waals surface area contributed by atoms with Crippen molar-refractivity contribution in [1.82, 2.24) is 9.88 Å². The molecule has 7 heteroatoms. The summed E-state index contributed by atoms with van der Waals surface area (Å²) in [6, 6.07) is 2.98. The number of benzene rings is 1. The molecule has 0 radical (unpaired) electrons. The lowest BCUT2D eigenvalue weighted by molar-refractivity contribution is -0.142. The number of halogens is 2. The van der Waals surface area contributed by atoms with Crippen LogP contribution in [-0.2, 0) is 11.3 Å². The fraction of sp³-hybridized carbons (Fsp3) is 0.286. The quantitative estimate of drug-likeness (QED) is 0.922. The number of thiazole rings is 1. The van der Waals surface area contributed by atoms with Crippen LogP contribution in [0.3, 0.4) is 0 Å². The van der Waals surface area contributed by atoms with E-state index in [0.717, 1.165) is 0 Å². The summed E-state index contributed by atoms with van der Waals surface area (Å²) in [7, 11) is 1.66. The molecule has 0 saturated heterocycles. The van der Waals surface area contributed by atoms with Crippen LogP contribution in [0.2, 0.25) is 0 Å². The first kappa shape index (κ1) is 15.5. The Kier molecular flexibility index (Phi) is 4.64. The summed E-state index contributed by atoms with van der Waals surface area (Å²) in [4.78, 5) is 16.7. The van der Waals surface area contributed by atoms with Gasteiger partial charge in [-0.15, -0.1) is 11.3 Å². The number of aromatic nitrogens is 1. The first-order valence-corrected chi connectivity index (χ1v) is 7.10. The molecule has 1 aromatic heterocycles. The van der Waals surface area contributed by atoms with Crippen LogP contribution in [0, 0.1) is 11.6 Å². The molecule has 1 heterocycles. The van der Waals surface area contributed by atoms with Crippen LogP contribution in [-0.4, -0.2) is 34.0 Å². The number of rotatable bonds is 5. The molecule has 21 heavy (non-hydrogen) atoms. The van der Waals surface area contributed by atoms with Crippen molar-refractivity contribution in [3.05, 3.63) is 40.2 Å². The molecule has 0 aliphatic carbocycles. The predicted octanol–water partition coefficient (Wildman–Crippen LogP) is 2.99. The molecule has 1 unspecified atom stereocenters. The number of aliphatic carboxylic acids is 1. The monoisotopic (exact) mass is 312 g/mol. The third-order valence-electron chi connectivity index (χ3n) is 3.17. The third-order valence-corrected chi connectivity index (χ3v) is 4.01. The summed E-state index contributed by atoms with van der Waals surface area (Å²) in [5, 5.41) is 11.1. The predicted molar refractivity (Wildman–Crippen MR) is 76.0 cm³/mol. The second kappa shape index (κ2) is 6.28. The third kappa shape index (κ3) is 3.43. The normalized spacial score (nSPS) is 12.6. The molecule has 0 aliphatic rings. The fourth-order valence-electron chi connectivity index (χ4n) is 1.78. The molecule has 0 bridgehead atoms. The van der Waals surface area contributed by atoms with Crippen LogP contribution in [0.4, 0.5) is 8.78 Å². The van der Waals surface area contributed by atoms with Crippen molar-refractivity contribution >= 4 is 17.3 Å². The van der Waals surface area contributed by atoms with Gasteiger partial charge in [-0.25, -0.2) is 13.8 Å². The maximum Gasteiger partial charge on any atom is 0.320 e. The highest BCUT2D eigenvalue weighted by Gasteiger charge is 2.19. The van der Waals surface area contributed by atoms with E-state index in [4.69, 9.17) is 5.11 Å². The van der Waals surface area contributed by atoms with E-state index in [1.54, 1.807) is 24.3 Å². The smallest absolute Gasteiger partial charge is 0.320 e. The highest BCUT2D eigenvalue weighted by atomic mass is 32.1. The van der Waals surface area contributed by atoms with E-state index in [1.165, 1.54) is 29.5 Å². The van der Waals surface area contributed by atoms with Crippen LogP contribution in [0.5, 0.6) is 0 Å². The molecule has 1 aromatic carbocycles. The maximum absolute atomic E-state index is 13.7. The zero-order valence-electron chi connectivity index (χ0n) is 11.5. The lowest BCUT2D eigenvalue weighted by Crippen LogP contribution is -2.35. The highest BCUT2D eigenvalue weighted by molar-refractivity contribution is 7.09. The van der Waals surface area contributed by atoms with Crippen LogP contribution >= 0.6 is 11.3 Å².